The molecule has 1 fully saturated rings. The lowest BCUT2D eigenvalue weighted by Gasteiger charge is -2.28. The van der Waals surface area contributed by atoms with Crippen LogP contribution in [-0.2, 0) is 0 Å². The van der Waals surface area contributed by atoms with E-state index in [0.29, 0.717) is 17.2 Å². The molecule has 0 radical (unpaired) electrons. The summed E-state index contributed by atoms with van der Waals surface area (Å²) in [6.45, 7) is 5.99. The summed E-state index contributed by atoms with van der Waals surface area (Å²) in [6, 6.07) is 5.01. The third kappa shape index (κ3) is 2.26. The average molecular weight is 249 g/mol. The second-order valence-corrected chi connectivity index (χ2v) is 5.16. The lowest BCUT2D eigenvalue weighted by atomic mass is 10.1. The molecule has 1 aromatic rings. The quantitative estimate of drug-likeness (QED) is 0.785. The number of benzene rings is 1. The van der Waals surface area contributed by atoms with E-state index in [-0.39, 0.29) is 17.8 Å². The van der Waals surface area contributed by atoms with Crippen molar-refractivity contribution in [1.29, 1.82) is 0 Å². The van der Waals surface area contributed by atoms with Crippen LogP contribution < -0.4 is 0 Å². The number of rotatable bonds is 2. The van der Waals surface area contributed by atoms with E-state index in [1.165, 1.54) is 12.1 Å². The minimum atomic E-state index is -0.287. The average Bonchev–Trinajstić information content (AvgIpc) is 2.69. The predicted octanol–water partition coefficient (Wildman–Crippen LogP) is 3.54. The summed E-state index contributed by atoms with van der Waals surface area (Å²) >= 11 is 0. The summed E-state index contributed by atoms with van der Waals surface area (Å²) in [5.74, 6) is -0.241. The van der Waals surface area contributed by atoms with Crippen molar-refractivity contribution in [3.05, 3.63) is 35.1 Å². The summed E-state index contributed by atoms with van der Waals surface area (Å²) in [4.78, 5) is 14.5. The number of hydrogen-bond acceptors (Lipinski definition) is 1. The zero-order valence-corrected chi connectivity index (χ0v) is 11.2. The second kappa shape index (κ2) is 5.09. The van der Waals surface area contributed by atoms with E-state index < -0.39 is 0 Å². The Kier molecular flexibility index (Phi) is 3.69. The molecule has 0 N–H and O–H groups in total. The van der Waals surface area contributed by atoms with E-state index >= 15 is 0 Å². The number of halogens is 1. The van der Waals surface area contributed by atoms with Gasteiger partial charge in [0.2, 0.25) is 0 Å². The first-order chi connectivity index (χ1) is 8.54. The topological polar surface area (TPSA) is 20.3 Å². The highest BCUT2D eigenvalue weighted by atomic mass is 19.1. The van der Waals surface area contributed by atoms with E-state index in [1.54, 1.807) is 13.0 Å². The molecule has 2 atom stereocenters. The third-order valence-electron chi connectivity index (χ3n) is 3.91. The first kappa shape index (κ1) is 13.1. The second-order valence-electron chi connectivity index (χ2n) is 5.16. The molecule has 1 saturated heterocycles. The van der Waals surface area contributed by atoms with Crippen LogP contribution in [0.2, 0.25) is 0 Å². The molecule has 0 aromatic heterocycles. The van der Waals surface area contributed by atoms with Crippen LogP contribution in [0.4, 0.5) is 4.39 Å². The lowest BCUT2D eigenvalue weighted by Crippen LogP contribution is -2.40. The van der Waals surface area contributed by atoms with E-state index in [4.69, 9.17) is 0 Å². The molecule has 1 aromatic carbocycles. The SMILES string of the molecule is CCC1CCC(C)N1C(=O)c1ccc(F)cc1C. The Bertz CT molecular complexity index is 458. The first-order valence-electron chi connectivity index (χ1n) is 6.63. The van der Waals surface area contributed by atoms with Gasteiger partial charge in [0.1, 0.15) is 5.82 Å². The molecule has 2 rings (SSSR count). The summed E-state index contributed by atoms with van der Waals surface area (Å²) in [6.07, 6.45) is 3.12. The summed E-state index contributed by atoms with van der Waals surface area (Å²) in [7, 11) is 0. The van der Waals surface area contributed by atoms with Crippen LogP contribution in [0.1, 0.15) is 49.0 Å². The van der Waals surface area contributed by atoms with E-state index in [0.717, 1.165) is 19.3 Å². The molecule has 1 aliphatic rings. The molecule has 1 heterocycles. The van der Waals surface area contributed by atoms with Gasteiger partial charge >= 0.3 is 0 Å². The van der Waals surface area contributed by atoms with Gasteiger partial charge in [-0.05, 0) is 56.9 Å². The molecule has 2 unspecified atom stereocenters. The number of amides is 1. The van der Waals surface area contributed by atoms with Crippen LogP contribution in [0.15, 0.2) is 18.2 Å². The van der Waals surface area contributed by atoms with Crippen LogP contribution in [0.25, 0.3) is 0 Å². The fourth-order valence-electron chi connectivity index (χ4n) is 2.84. The van der Waals surface area contributed by atoms with E-state index in [9.17, 15) is 9.18 Å². The van der Waals surface area contributed by atoms with Crippen LogP contribution in [-0.4, -0.2) is 22.9 Å². The highest BCUT2D eigenvalue weighted by Gasteiger charge is 2.33. The van der Waals surface area contributed by atoms with Crippen LogP contribution in [0.3, 0.4) is 0 Å². The van der Waals surface area contributed by atoms with Crippen molar-refractivity contribution in [1.82, 2.24) is 4.90 Å². The van der Waals surface area contributed by atoms with Gasteiger partial charge in [-0.15, -0.1) is 0 Å². The van der Waals surface area contributed by atoms with E-state index in [1.807, 2.05) is 4.90 Å². The maximum Gasteiger partial charge on any atom is 0.254 e. The number of carbonyl (C=O) groups is 1. The van der Waals surface area contributed by atoms with Crippen molar-refractivity contribution in [2.45, 2.75) is 52.1 Å². The standard InChI is InChI=1S/C15H20FNO/c1-4-13-7-5-11(3)17(13)15(18)14-8-6-12(16)9-10(14)2/h6,8-9,11,13H,4-5,7H2,1-3H3. The van der Waals surface area contributed by atoms with Crippen molar-refractivity contribution >= 4 is 5.91 Å². The molecule has 0 aliphatic carbocycles. The number of hydrogen-bond donors (Lipinski definition) is 0. The number of carbonyl (C=O) groups excluding carboxylic acids is 1. The molecule has 2 nitrogen and oxygen atoms in total. The van der Waals surface area contributed by atoms with Gasteiger partial charge in [0, 0.05) is 17.6 Å². The molecule has 0 spiro atoms. The molecule has 98 valence electrons. The van der Waals surface area contributed by atoms with Crippen molar-refractivity contribution in [2.24, 2.45) is 0 Å². The van der Waals surface area contributed by atoms with Gasteiger partial charge < -0.3 is 4.90 Å². The smallest absolute Gasteiger partial charge is 0.254 e. The van der Waals surface area contributed by atoms with Gasteiger partial charge in [0.25, 0.3) is 5.91 Å². The maximum atomic E-state index is 13.1. The lowest BCUT2D eigenvalue weighted by molar-refractivity contribution is 0.0675. The molecule has 3 heteroatoms. The van der Waals surface area contributed by atoms with Crippen LogP contribution in [0.5, 0.6) is 0 Å². The Balaban J connectivity index is 2.30. The minimum absolute atomic E-state index is 0.0457. The molecular weight excluding hydrogens is 229 g/mol. The first-order valence-corrected chi connectivity index (χ1v) is 6.63. The minimum Gasteiger partial charge on any atom is -0.333 e. The normalized spacial score (nSPS) is 23.4. The molecule has 1 amide bonds. The molecule has 1 aliphatic heterocycles. The maximum absolute atomic E-state index is 13.1. The zero-order valence-electron chi connectivity index (χ0n) is 11.2. The fraction of sp³-hybridized carbons (Fsp3) is 0.533. The van der Waals surface area contributed by atoms with Crippen molar-refractivity contribution < 1.29 is 9.18 Å². The van der Waals surface area contributed by atoms with Gasteiger partial charge in [0.15, 0.2) is 0 Å². The van der Waals surface area contributed by atoms with Gasteiger partial charge in [-0.3, -0.25) is 4.79 Å². The number of nitrogens with zero attached hydrogens (tertiary/aromatic N) is 1. The van der Waals surface area contributed by atoms with Gasteiger partial charge in [-0.2, -0.15) is 0 Å². The Morgan fingerprint density at radius 2 is 2.17 bits per heavy atom. The molecular formula is C15H20FNO. The zero-order chi connectivity index (χ0) is 13.3. The van der Waals surface area contributed by atoms with E-state index in [2.05, 4.69) is 13.8 Å². The Hall–Kier alpha value is -1.38. The number of likely N-dealkylation sites (tertiary alicyclic amines) is 1. The largest absolute Gasteiger partial charge is 0.333 e. The summed E-state index contributed by atoms with van der Waals surface area (Å²) in [5, 5.41) is 0. The van der Waals surface area contributed by atoms with Crippen molar-refractivity contribution in [3.8, 4) is 0 Å². The molecule has 18 heavy (non-hydrogen) atoms. The van der Waals surface area contributed by atoms with Crippen LogP contribution >= 0.6 is 0 Å². The monoisotopic (exact) mass is 249 g/mol. The third-order valence-corrected chi connectivity index (χ3v) is 3.91. The Labute approximate surface area is 108 Å². The highest BCUT2D eigenvalue weighted by molar-refractivity contribution is 5.96. The Morgan fingerprint density at radius 1 is 1.44 bits per heavy atom. The molecule has 0 saturated carbocycles. The van der Waals surface area contributed by atoms with Crippen LogP contribution in [0, 0.1) is 12.7 Å². The summed E-state index contributed by atoms with van der Waals surface area (Å²) < 4.78 is 13.1. The van der Waals surface area contributed by atoms with Gasteiger partial charge in [0.05, 0.1) is 0 Å². The van der Waals surface area contributed by atoms with Crippen molar-refractivity contribution in [3.63, 3.8) is 0 Å². The Morgan fingerprint density at radius 3 is 2.78 bits per heavy atom. The van der Waals surface area contributed by atoms with Gasteiger partial charge in [-0.25, -0.2) is 4.39 Å². The highest BCUT2D eigenvalue weighted by Crippen LogP contribution is 2.28. The number of aryl methyl sites for hydroxylation is 1. The molecule has 0 bridgehead atoms. The van der Waals surface area contributed by atoms with Crippen molar-refractivity contribution in [2.75, 3.05) is 0 Å². The van der Waals surface area contributed by atoms with Gasteiger partial charge in [-0.1, -0.05) is 6.92 Å². The summed E-state index contributed by atoms with van der Waals surface area (Å²) in [5.41, 5.74) is 1.34. The predicted molar refractivity (Wildman–Crippen MR) is 70.1 cm³/mol. The fourth-order valence-corrected chi connectivity index (χ4v) is 2.84.